The Hall–Kier alpha value is -1.51. The molecule has 0 aliphatic rings. The van der Waals surface area contributed by atoms with Crippen LogP contribution in [-0.2, 0) is 11.2 Å². The Balaban J connectivity index is 2.59. The Morgan fingerprint density at radius 3 is 2.63 bits per heavy atom. The molecule has 1 N–H and O–H groups in total. The lowest BCUT2D eigenvalue weighted by Crippen LogP contribution is -2.16. The molecule has 0 amide bonds. The first-order valence-corrected chi connectivity index (χ1v) is 6.88. The van der Waals surface area contributed by atoms with Crippen LogP contribution >= 0.6 is 0 Å². The van der Waals surface area contributed by atoms with E-state index in [1.54, 1.807) is 7.11 Å². The maximum absolute atomic E-state index is 11.3. The Morgan fingerprint density at radius 1 is 1.32 bits per heavy atom. The second-order valence-electron chi connectivity index (χ2n) is 5.42. The summed E-state index contributed by atoms with van der Waals surface area (Å²) < 4.78 is 5.16. The molecule has 1 aromatic carbocycles. The first-order chi connectivity index (χ1) is 9.02. The molecule has 1 rings (SSSR count). The monoisotopic (exact) mass is 264 g/mol. The van der Waals surface area contributed by atoms with Crippen molar-refractivity contribution in [2.45, 2.75) is 39.5 Å². The average molecular weight is 264 g/mol. The molecule has 1 atom stereocenters. The number of aliphatic carboxylic acids is 1. The molecule has 0 spiro atoms. The summed E-state index contributed by atoms with van der Waals surface area (Å²) in [4.78, 5) is 11.3. The first kappa shape index (κ1) is 15.5. The van der Waals surface area contributed by atoms with E-state index in [9.17, 15) is 9.90 Å². The molecular formula is C16H24O3. The van der Waals surface area contributed by atoms with Gasteiger partial charge in [-0.15, -0.1) is 0 Å². The number of hydrogen-bond donors (Lipinski definition) is 1. The number of carboxylic acid groups (broad SMARTS) is 1. The maximum Gasteiger partial charge on any atom is 0.306 e. The van der Waals surface area contributed by atoms with E-state index in [4.69, 9.17) is 4.74 Å². The smallest absolute Gasteiger partial charge is 0.306 e. The van der Waals surface area contributed by atoms with E-state index >= 15 is 0 Å². The zero-order valence-electron chi connectivity index (χ0n) is 12.1. The lowest BCUT2D eigenvalue weighted by molar-refractivity contribution is -0.142. The summed E-state index contributed by atoms with van der Waals surface area (Å²) >= 11 is 0. The van der Waals surface area contributed by atoms with Crippen LogP contribution in [0.25, 0.3) is 0 Å². The molecule has 0 aromatic heterocycles. The second kappa shape index (κ2) is 7.82. The fourth-order valence-electron chi connectivity index (χ4n) is 2.17. The van der Waals surface area contributed by atoms with Gasteiger partial charge in [0.1, 0.15) is 5.75 Å². The molecular weight excluding hydrogens is 240 g/mol. The van der Waals surface area contributed by atoms with Crippen LogP contribution in [0, 0.1) is 11.8 Å². The highest BCUT2D eigenvalue weighted by Crippen LogP contribution is 2.20. The van der Waals surface area contributed by atoms with E-state index in [0.29, 0.717) is 12.3 Å². The molecule has 0 heterocycles. The SMILES string of the molecule is COc1cccc(CC(CCCC(C)C)C(=O)O)c1. The zero-order valence-corrected chi connectivity index (χ0v) is 12.1. The van der Waals surface area contributed by atoms with Crippen LogP contribution in [0.3, 0.4) is 0 Å². The quantitative estimate of drug-likeness (QED) is 0.777. The van der Waals surface area contributed by atoms with Gasteiger partial charge in [0.2, 0.25) is 0 Å². The first-order valence-electron chi connectivity index (χ1n) is 6.88. The van der Waals surface area contributed by atoms with Crippen LogP contribution in [-0.4, -0.2) is 18.2 Å². The summed E-state index contributed by atoms with van der Waals surface area (Å²) in [6.07, 6.45) is 3.37. The van der Waals surface area contributed by atoms with Crippen molar-refractivity contribution in [3.05, 3.63) is 29.8 Å². The van der Waals surface area contributed by atoms with Gasteiger partial charge >= 0.3 is 5.97 Å². The van der Waals surface area contributed by atoms with Crippen molar-refractivity contribution in [3.8, 4) is 5.75 Å². The van der Waals surface area contributed by atoms with Gasteiger partial charge in [0, 0.05) is 0 Å². The lowest BCUT2D eigenvalue weighted by Gasteiger charge is -2.13. The molecule has 19 heavy (non-hydrogen) atoms. The normalized spacial score (nSPS) is 12.4. The van der Waals surface area contributed by atoms with Gasteiger partial charge in [-0.3, -0.25) is 4.79 Å². The van der Waals surface area contributed by atoms with Crippen molar-refractivity contribution in [2.75, 3.05) is 7.11 Å². The van der Waals surface area contributed by atoms with Gasteiger partial charge in [0.05, 0.1) is 13.0 Å². The van der Waals surface area contributed by atoms with Crippen LogP contribution in [0.5, 0.6) is 5.75 Å². The van der Waals surface area contributed by atoms with E-state index in [1.807, 2.05) is 24.3 Å². The van der Waals surface area contributed by atoms with Gasteiger partial charge in [-0.25, -0.2) is 0 Å². The second-order valence-corrected chi connectivity index (χ2v) is 5.42. The molecule has 0 aliphatic carbocycles. The van der Waals surface area contributed by atoms with Gasteiger partial charge in [0.15, 0.2) is 0 Å². The number of hydrogen-bond acceptors (Lipinski definition) is 2. The highest BCUT2D eigenvalue weighted by molar-refractivity contribution is 5.70. The van der Waals surface area contributed by atoms with Gasteiger partial charge in [0.25, 0.3) is 0 Å². The minimum Gasteiger partial charge on any atom is -0.497 e. The topological polar surface area (TPSA) is 46.5 Å². The predicted octanol–water partition coefficient (Wildman–Crippen LogP) is 3.76. The van der Waals surface area contributed by atoms with Crippen molar-refractivity contribution in [2.24, 2.45) is 11.8 Å². The Bertz CT molecular complexity index is 399. The molecule has 0 saturated carbocycles. The highest BCUT2D eigenvalue weighted by Gasteiger charge is 2.18. The molecule has 0 saturated heterocycles. The summed E-state index contributed by atoms with van der Waals surface area (Å²) in [5.41, 5.74) is 1.02. The standard InChI is InChI=1S/C16H24O3/c1-12(2)6-4-8-14(16(17)18)10-13-7-5-9-15(11-13)19-3/h5,7,9,11-12,14H,4,6,8,10H2,1-3H3,(H,17,18). The number of benzene rings is 1. The van der Waals surface area contributed by atoms with Crippen LogP contribution in [0.1, 0.15) is 38.7 Å². The fraction of sp³-hybridized carbons (Fsp3) is 0.562. The van der Waals surface area contributed by atoms with Gasteiger partial charge in [-0.2, -0.15) is 0 Å². The molecule has 1 unspecified atom stereocenters. The molecule has 3 nitrogen and oxygen atoms in total. The number of rotatable bonds is 8. The summed E-state index contributed by atoms with van der Waals surface area (Å²) in [6, 6.07) is 7.65. The lowest BCUT2D eigenvalue weighted by atomic mass is 9.92. The van der Waals surface area contributed by atoms with E-state index < -0.39 is 5.97 Å². The summed E-state index contributed by atoms with van der Waals surface area (Å²) in [5.74, 6) is 0.410. The molecule has 3 heteroatoms. The average Bonchev–Trinajstić information content (AvgIpc) is 2.37. The maximum atomic E-state index is 11.3. The van der Waals surface area contributed by atoms with E-state index in [0.717, 1.165) is 30.6 Å². The summed E-state index contributed by atoms with van der Waals surface area (Å²) in [5, 5.41) is 9.30. The number of carboxylic acids is 1. The minimum atomic E-state index is -0.702. The molecule has 0 aliphatic heterocycles. The number of ether oxygens (including phenoxy) is 1. The van der Waals surface area contributed by atoms with E-state index in [2.05, 4.69) is 13.8 Å². The van der Waals surface area contributed by atoms with Crippen molar-refractivity contribution < 1.29 is 14.6 Å². The van der Waals surface area contributed by atoms with Crippen LogP contribution in [0.15, 0.2) is 24.3 Å². The van der Waals surface area contributed by atoms with Crippen LogP contribution in [0.2, 0.25) is 0 Å². The molecule has 0 fully saturated rings. The summed E-state index contributed by atoms with van der Waals surface area (Å²) in [7, 11) is 1.62. The van der Waals surface area contributed by atoms with Crippen LogP contribution < -0.4 is 4.74 Å². The largest absolute Gasteiger partial charge is 0.497 e. The van der Waals surface area contributed by atoms with Crippen LogP contribution in [0.4, 0.5) is 0 Å². The number of carbonyl (C=O) groups is 1. The minimum absolute atomic E-state index is 0.300. The van der Waals surface area contributed by atoms with Gasteiger partial charge < -0.3 is 9.84 Å². The van der Waals surface area contributed by atoms with E-state index in [1.165, 1.54) is 0 Å². The molecule has 0 radical (unpaired) electrons. The Kier molecular flexibility index (Phi) is 6.40. The summed E-state index contributed by atoms with van der Waals surface area (Å²) in [6.45, 7) is 4.33. The molecule has 106 valence electrons. The third-order valence-electron chi connectivity index (χ3n) is 3.30. The van der Waals surface area contributed by atoms with Crippen molar-refractivity contribution >= 4 is 5.97 Å². The highest BCUT2D eigenvalue weighted by atomic mass is 16.5. The predicted molar refractivity (Wildman–Crippen MR) is 76.5 cm³/mol. The molecule has 1 aromatic rings. The van der Waals surface area contributed by atoms with Crippen molar-refractivity contribution in [1.29, 1.82) is 0 Å². The zero-order chi connectivity index (χ0) is 14.3. The van der Waals surface area contributed by atoms with Crippen molar-refractivity contribution in [3.63, 3.8) is 0 Å². The van der Waals surface area contributed by atoms with E-state index in [-0.39, 0.29) is 5.92 Å². The fourth-order valence-corrected chi connectivity index (χ4v) is 2.17. The number of methoxy groups -OCH3 is 1. The Labute approximate surface area is 115 Å². The van der Waals surface area contributed by atoms with Crippen molar-refractivity contribution in [1.82, 2.24) is 0 Å². The van der Waals surface area contributed by atoms with Gasteiger partial charge in [-0.05, 0) is 36.5 Å². The third kappa shape index (κ3) is 5.77. The molecule has 0 bridgehead atoms. The Morgan fingerprint density at radius 2 is 2.05 bits per heavy atom. The third-order valence-corrected chi connectivity index (χ3v) is 3.30. The van der Waals surface area contributed by atoms with Gasteiger partial charge in [-0.1, -0.05) is 38.8 Å².